The number of fused-ring (bicyclic) bond motifs is 1. The van der Waals surface area contributed by atoms with Gasteiger partial charge in [0, 0.05) is 16.8 Å². The van der Waals surface area contributed by atoms with Crippen LogP contribution in [0, 0.1) is 5.92 Å². The van der Waals surface area contributed by atoms with Crippen molar-refractivity contribution in [3.63, 3.8) is 0 Å². The van der Waals surface area contributed by atoms with Crippen molar-refractivity contribution in [2.75, 3.05) is 6.54 Å². The van der Waals surface area contributed by atoms with Crippen LogP contribution in [0.1, 0.15) is 47.5 Å². The van der Waals surface area contributed by atoms with Crippen LogP contribution in [-0.4, -0.2) is 22.6 Å². The molecule has 0 fully saturated rings. The van der Waals surface area contributed by atoms with E-state index in [0.29, 0.717) is 12.5 Å². The van der Waals surface area contributed by atoms with Crippen LogP contribution in [0.5, 0.6) is 0 Å². The summed E-state index contributed by atoms with van der Waals surface area (Å²) in [6, 6.07) is 0. The third-order valence-electron chi connectivity index (χ3n) is 3.36. The maximum atomic E-state index is 12.4. The molecule has 0 aliphatic heterocycles. The molecule has 1 aromatic rings. The van der Waals surface area contributed by atoms with Crippen molar-refractivity contribution in [3.8, 4) is 0 Å². The molecular weight excluding hydrogens is 290 g/mol. The summed E-state index contributed by atoms with van der Waals surface area (Å²) in [5, 5.41) is 3.73. The van der Waals surface area contributed by atoms with Crippen LogP contribution in [0.3, 0.4) is 0 Å². The van der Waals surface area contributed by atoms with Crippen molar-refractivity contribution in [1.29, 1.82) is 0 Å². The van der Waals surface area contributed by atoms with Gasteiger partial charge in [0.15, 0.2) is 5.11 Å². The maximum Gasteiger partial charge on any atom is 0.270 e. The minimum Gasteiger partial charge on any atom is -0.375 e. The Morgan fingerprint density at radius 1 is 1.50 bits per heavy atom. The standard InChI is InChI=1S/C14H21N3OS2/c1-9(2)7-17(14(15)19)16-13(18)11-8-20-12-6-4-3-5-10(11)12/h8-9H,3-7H2,1-2H3,(H2,15,19)(H,16,18). The molecule has 1 amide bonds. The summed E-state index contributed by atoms with van der Waals surface area (Å²) >= 11 is 6.68. The van der Waals surface area contributed by atoms with E-state index in [1.165, 1.54) is 16.9 Å². The largest absolute Gasteiger partial charge is 0.375 e. The second-order valence-electron chi connectivity index (χ2n) is 5.54. The smallest absolute Gasteiger partial charge is 0.270 e. The first kappa shape index (κ1) is 15.3. The number of rotatable bonds is 3. The lowest BCUT2D eigenvalue weighted by molar-refractivity contribution is 0.0862. The van der Waals surface area contributed by atoms with E-state index in [2.05, 4.69) is 19.3 Å². The Bertz CT molecular complexity index is 511. The maximum absolute atomic E-state index is 12.4. The first-order chi connectivity index (χ1) is 9.49. The van der Waals surface area contributed by atoms with Gasteiger partial charge in [-0.15, -0.1) is 11.3 Å². The van der Waals surface area contributed by atoms with Gasteiger partial charge in [-0.05, 0) is 49.4 Å². The molecule has 4 nitrogen and oxygen atoms in total. The highest BCUT2D eigenvalue weighted by Crippen LogP contribution is 2.30. The molecule has 0 unspecified atom stereocenters. The normalized spacial score (nSPS) is 13.9. The molecule has 0 bridgehead atoms. The molecule has 0 atom stereocenters. The van der Waals surface area contributed by atoms with Crippen molar-refractivity contribution in [3.05, 3.63) is 21.4 Å². The lowest BCUT2D eigenvalue weighted by atomic mass is 9.96. The van der Waals surface area contributed by atoms with Crippen LogP contribution in [0.25, 0.3) is 0 Å². The SMILES string of the molecule is CC(C)CN(NC(=O)c1csc2c1CCCC2)C(N)=S. The average Bonchev–Trinajstić information content (AvgIpc) is 2.81. The van der Waals surface area contributed by atoms with Crippen molar-refractivity contribution >= 4 is 34.6 Å². The number of nitrogens with one attached hydrogen (secondary N) is 1. The fraction of sp³-hybridized carbons (Fsp3) is 0.571. The molecule has 110 valence electrons. The Labute approximate surface area is 129 Å². The second-order valence-corrected chi connectivity index (χ2v) is 6.92. The van der Waals surface area contributed by atoms with Crippen LogP contribution in [0.4, 0.5) is 0 Å². The zero-order valence-electron chi connectivity index (χ0n) is 11.9. The van der Waals surface area contributed by atoms with E-state index in [1.807, 2.05) is 5.38 Å². The van der Waals surface area contributed by atoms with E-state index in [0.717, 1.165) is 24.8 Å². The Morgan fingerprint density at radius 3 is 2.85 bits per heavy atom. The minimum atomic E-state index is -0.0992. The number of nitrogens with two attached hydrogens (primary N) is 1. The molecule has 0 aromatic carbocycles. The van der Waals surface area contributed by atoms with E-state index >= 15 is 0 Å². The van der Waals surface area contributed by atoms with Gasteiger partial charge < -0.3 is 5.73 Å². The molecule has 0 saturated carbocycles. The summed E-state index contributed by atoms with van der Waals surface area (Å²) in [4.78, 5) is 13.8. The number of carbonyl (C=O) groups is 1. The summed E-state index contributed by atoms with van der Waals surface area (Å²) in [6.07, 6.45) is 4.48. The van der Waals surface area contributed by atoms with Gasteiger partial charge in [-0.2, -0.15) is 0 Å². The predicted molar refractivity (Wildman–Crippen MR) is 86.8 cm³/mol. The van der Waals surface area contributed by atoms with Gasteiger partial charge in [0.25, 0.3) is 5.91 Å². The van der Waals surface area contributed by atoms with Gasteiger partial charge in [0.05, 0.1) is 5.56 Å². The monoisotopic (exact) mass is 311 g/mol. The number of hydrogen-bond acceptors (Lipinski definition) is 3. The Kier molecular flexibility index (Phi) is 4.99. The molecular formula is C14H21N3OS2. The lowest BCUT2D eigenvalue weighted by Gasteiger charge is -2.25. The molecule has 1 heterocycles. The fourth-order valence-electron chi connectivity index (χ4n) is 2.42. The third kappa shape index (κ3) is 3.49. The van der Waals surface area contributed by atoms with Crippen LogP contribution in [0.2, 0.25) is 0 Å². The highest BCUT2D eigenvalue weighted by atomic mass is 32.1. The summed E-state index contributed by atoms with van der Waals surface area (Å²) in [6.45, 7) is 4.74. The fourth-order valence-corrected chi connectivity index (χ4v) is 3.67. The summed E-state index contributed by atoms with van der Waals surface area (Å²) in [7, 11) is 0. The van der Waals surface area contributed by atoms with Gasteiger partial charge in [-0.25, -0.2) is 0 Å². The average molecular weight is 311 g/mol. The zero-order chi connectivity index (χ0) is 14.7. The van der Waals surface area contributed by atoms with E-state index in [4.69, 9.17) is 18.0 Å². The molecule has 6 heteroatoms. The van der Waals surface area contributed by atoms with Crippen LogP contribution < -0.4 is 11.2 Å². The molecule has 1 aliphatic rings. The summed E-state index contributed by atoms with van der Waals surface area (Å²) in [5.74, 6) is 0.269. The quantitative estimate of drug-likeness (QED) is 0.665. The molecule has 20 heavy (non-hydrogen) atoms. The number of thiocarbonyl (C=S) groups is 1. The predicted octanol–water partition coefficient (Wildman–Crippen LogP) is 2.47. The van der Waals surface area contributed by atoms with E-state index < -0.39 is 0 Å². The van der Waals surface area contributed by atoms with Crippen molar-refractivity contribution in [2.45, 2.75) is 39.5 Å². The highest BCUT2D eigenvalue weighted by molar-refractivity contribution is 7.80. The van der Waals surface area contributed by atoms with Gasteiger partial charge in [0.2, 0.25) is 0 Å². The summed E-state index contributed by atoms with van der Waals surface area (Å²) in [5.41, 5.74) is 10.5. The van der Waals surface area contributed by atoms with Crippen molar-refractivity contribution in [1.82, 2.24) is 10.4 Å². The number of nitrogens with zero attached hydrogens (tertiary/aromatic N) is 1. The molecule has 0 saturated heterocycles. The Balaban J connectivity index is 2.10. The number of carbonyl (C=O) groups excluding carboxylic acids is 1. The number of amides is 1. The van der Waals surface area contributed by atoms with Crippen LogP contribution in [-0.2, 0) is 12.8 Å². The molecule has 2 rings (SSSR count). The van der Waals surface area contributed by atoms with Gasteiger partial charge in [-0.3, -0.25) is 15.2 Å². The second kappa shape index (κ2) is 6.54. The van der Waals surface area contributed by atoms with Crippen molar-refractivity contribution < 1.29 is 4.79 Å². The van der Waals surface area contributed by atoms with E-state index in [-0.39, 0.29) is 11.0 Å². The minimum absolute atomic E-state index is 0.0992. The van der Waals surface area contributed by atoms with Gasteiger partial charge in [-0.1, -0.05) is 13.8 Å². The molecule has 0 radical (unpaired) electrons. The molecule has 1 aromatic heterocycles. The molecule has 0 spiro atoms. The highest BCUT2D eigenvalue weighted by Gasteiger charge is 2.22. The number of hydrogen-bond donors (Lipinski definition) is 2. The first-order valence-electron chi connectivity index (χ1n) is 6.96. The van der Waals surface area contributed by atoms with Crippen LogP contribution >= 0.6 is 23.6 Å². The van der Waals surface area contributed by atoms with Crippen molar-refractivity contribution in [2.24, 2.45) is 11.7 Å². The Morgan fingerprint density at radius 2 is 2.20 bits per heavy atom. The summed E-state index contributed by atoms with van der Waals surface area (Å²) < 4.78 is 0. The Hall–Kier alpha value is -1.14. The van der Waals surface area contributed by atoms with Gasteiger partial charge in [0.1, 0.15) is 0 Å². The first-order valence-corrected chi connectivity index (χ1v) is 8.25. The molecule has 1 aliphatic carbocycles. The van der Waals surface area contributed by atoms with E-state index in [1.54, 1.807) is 16.3 Å². The number of hydrazine groups is 1. The number of thiophene rings is 1. The van der Waals surface area contributed by atoms with Crippen LogP contribution in [0.15, 0.2) is 5.38 Å². The van der Waals surface area contributed by atoms with Gasteiger partial charge >= 0.3 is 0 Å². The lowest BCUT2D eigenvalue weighted by Crippen LogP contribution is -2.50. The van der Waals surface area contributed by atoms with E-state index in [9.17, 15) is 4.79 Å². The number of aryl methyl sites for hydroxylation is 1. The third-order valence-corrected chi connectivity index (χ3v) is 4.67. The topological polar surface area (TPSA) is 58.4 Å². The molecule has 3 N–H and O–H groups in total. The zero-order valence-corrected chi connectivity index (χ0v) is 13.6.